The van der Waals surface area contributed by atoms with Gasteiger partial charge in [0.2, 0.25) is 5.91 Å². The number of benzene rings is 1. The fourth-order valence-corrected chi connectivity index (χ4v) is 4.14. The van der Waals surface area contributed by atoms with Crippen molar-refractivity contribution in [3.05, 3.63) is 58.4 Å². The van der Waals surface area contributed by atoms with E-state index in [1.165, 1.54) is 24.2 Å². The number of carbonyl (C=O) groups excluding carboxylic acids is 3. The van der Waals surface area contributed by atoms with E-state index < -0.39 is 17.4 Å². The van der Waals surface area contributed by atoms with Crippen molar-refractivity contribution < 1.29 is 19.1 Å². The SMILES string of the molecule is CCCOC(=O)N1CC(C(=O)Nc2cnc(Cl)cc2C(=O)NC)(c2ccccc2C(C)C)C1. The molecule has 1 aliphatic rings. The van der Waals surface area contributed by atoms with E-state index in [2.05, 4.69) is 29.5 Å². The first kappa shape index (κ1) is 24.5. The van der Waals surface area contributed by atoms with Crippen molar-refractivity contribution in [2.45, 2.75) is 38.5 Å². The van der Waals surface area contributed by atoms with Gasteiger partial charge in [-0.25, -0.2) is 9.78 Å². The molecule has 2 N–H and O–H groups in total. The highest BCUT2D eigenvalue weighted by Gasteiger charge is 2.54. The molecule has 33 heavy (non-hydrogen) atoms. The summed E-state index contributed by atoms with van der Waals surface area (Å²) < 4.78 is 5.26. The van der Waals surface area contributed by atoms with Gasteiger partial charge in [0.05, 0.1) is 24.1 Å². The van der Waals surface area contributed by atoms with E-state index in [0.29, 0.717) is 13.0 Å². The molecule has 0 bridgehead atoms. The van der Waals surface area contributed by atoms with Gasteiger partial charge in [-0.2, -0.15) is 0 Å². The molecule has 9 heteroatoms. The van der Waals surface area contributed by atoms with Crippen LogP contribution >= 0.6 is 11.6 Å². The predicted octanol–water partition coefficient (Wildman–Crippen LogP) is 3.96. The lowest BCUT2D eigenvalue weighted by molar-refractivity contribution is -0.127. The van der Waals surface area contributed by atoms with E-state index >= 15 is 0 Å². The first-order valence-corrected chi connectivity index (χ1v) is 11.3. The molecule has 0 atom stereocenters. The van der Waals surface area contributed by atoms with Gasteiger partial charge in [-0.1, -0.05) is 56.6 Å². The molecular weight excluding hydrogens is 444 g/mol. The number of anilines is 1. The quantitative estimate of drug-likeness (QED) is 0.594. The largest absolute Gasteiger partial charge is 0.449 e. The van der Waals surface area contributed by atoms with Gasteiger partial charge in [0.1, 0.15) is 10.6 Å². The number of hydrogen-bond acceptors (Lipinski definition) is 5. The number of halogens is 1. The van der Waals surface area contributed by atoms with Crippen LogP contribution in [0.15, 0.2) is 36.5 Å². The molecule has 0 unspecified atom stereocenters. The summed E-state index contributed by atoms with van der Waals surface area (Å²) >= 11 is 5.97. The minimum Gasteiger partial charge on any atom is -0.449 e. The van der Waals surface area contributed by atoms with Crippen molar-refractivity contribution >= 4 is 35.2 Å². The van der Waals surface area contributed by atoms with E-state index in [9.17, 15) is 14.4 Å². The average molecular weight is 473 g/mol. The maximum absolute atomic E-state index is 13.7. The average Bonchev–Trinajstić information content (AvgIpc) is 2.77. The van der Waals surface area contributed by atoms with Crippen LogP contribution in [0.4, 0.5) is 10.5 Å². The number of rotatable bonds is 7. The summed E-state index contributed by atoms with van der Waals surface area (Å²) in [4.78, 5) is 44.0. The Balaban J connectivity index is 1.98. The summed E-state index contributed by atoms with van der Waals surface area (Å²) in [5.74, 6) is -0.556. The van der Waals surface area contributed by atoms with Crippen molar-refractivity contribution in [2.75, 3.05) is 32.1 Å². The number of carbonyl (C=O) groups is 3. The monoisotopic (exact) mass is 472 g/mol. The summed E-state index contributed by atoms with van der Waals surface area (Å²) in [6.07, 6.45) is 1.63. The van der Waals surface area contributed by atoms with Gasteiger partial charge in [-0.05, 0) is 29.5 Å². The Morgan fingerprint density at radius 1 is 1.24 bits per heavy atom. The molecule has 8 nitrogen and oxygen atoms in total. The van der Waals surface area contributed by atoms with E-state index in [1.54, 1.807) is 0 Å². The molecule has 2 heterocycles. The van der Waals surface area contributed by atoms with Crippen LogP contribution in [0, 0.1) is 0 Å². The topological polar surface area (TPSA) is 101 Å². The van der Waals surface area contributed by atoms with Gasteiger partial charge in [0.15, 0.2) is 0 Å². The lowest BCUT2D eigenvalue weighted by atomic mass is 9.70. The molecule has 1 fully saturated rings. The van der Waals surface area contributed by atoms with Gasteiger partial charge < -0.3 is 20.3 Å². The number of aromatic nitrogens is 1. The Hall–Kier alpha value is -3.13. The molecule has 1 aromatic heterocycles. The van der Waals surface area contributed by atoms with Crippen LogP contribution in [0.1, 0.15) is 54.6 Å². The third kappa shape index (κ3) is 4.95. The summed E-state index contributed by atoms with van der Waals surface area (Å²) in [6, 6.07) is 9.13. The maximum Gasteiger partial charge on any atom is 0.409 e. The Morgan fingerprint density at radius 3 is 2.58 bits per heavy atom. The van der Waals surface area contributed by atoms with Gasteiger partial charge >= 0.3 is 6.09 Å². The van der Waals surface area contributed by atoms with Crippen molar-refractivity contribution in [1.82, 2.24) is 15.2 Å². The van der Waals surface area contributed by atoms with Crippen LogP contribution in [-0.2, 0) is 14.9 Å². The smallest absolute Gasteiger partial charge is 0.409 e. The summed E-state index contributed by atoms with van der Waals surface area (Å²) in [5.41, 5.74) is 1.33. The minimum absolute atomic E-state index is 0.139. The summed E-state index contributed by atoms with van der Waals surface area (Å²) in [7, 11) is 1.49. The molecule has 0 saturated carbocycles. The Labute approximate surface area is 198 Å². The zero-order valence-electron chi connectivity index (χ0n) is 19.3. The summed E-state index contributed by atoms with van der Waals surface area (Å²) in [5, 5.41) is 5.54. The third-order valence-corrected chi connectivity index (χ3v) is 5.94. The zero-order chi connectivity index (χ0) is 24.2. The highest BCUT2D eigenvalue weighted by Crippen LogP contribution is 2.40. The second-order valence-electron chi connectivity index (χ2n) is 8.38. The Kier molecular flexibility index (Phi) is 7.58. The number of pyridine rings is 1. The van der Waals surface area contributed by atoms with E-state index in [1.807, 2.05) is 31.2 Å². The highest BCUT2D eigenvalue weighted by molar-refractivity contribution is 6.30. The molecule has 176 valence electrons. The van der Waals surface area contributed by atoms with E-state index in [0.717, 1.165) is 11.1 Å². The van der Waals surface area contributed by atoms with Crippen molar-refractivity contribution in [3.63, 3.8) is 0 Å². The standard InChI is InChI=1S/C24H29ClN4O4/c1-5-10-33-23(32)29-13-24(14-29,18-9-7-6-8-16(18)15(2)3)22(31)28-19-12-27-20(25)11-17(19)21(30)26-4/h6-9,11-12,15H,5,10,13-14H2,1-4H3,(H,26,30)(H,28,31). The van der Waals surface area contributed by atoms with Crippen molar-refractivity contribution in [2.24, 2.45) is 0 Å². The van der Waals surface area contributed by atoms with Crippen LogP contribution in [0.25, 0.3) is 0 Å². The van der Waals surface area contributed by atoms with Crippen LogP contribution in [0.3, 0.4) is 0 Å². The van der Waals surface area contributed by atoms with Crippen LogP contribution in [0.5, 0.6) is 0 Å². The van der Waals surface area contributed by atoms with Crippen LogP contribution < -0.4 is 10.6 Å². The Morgan fingerprint density at radius 2 is 1.94 bits per heavy atom. The first-order chi connectivity index (χ1) is 15.7. The number of nitrogens with one attached hydrogen (secondary N) is 2. The Bertz CT molecular complexity index is 1050. The second-order valence-corrected chi connectivity index (χ2v) is 8.77. The lowest BCUT2D eigenvalue weighted by Crippen LogP contribution is -2.66. The number of hydrogen-bond donors (Lipinski definition) is 2. The van der Waals surface area contributed by atoms with E-state index in [4.69, 9.17) is 16.3 Å². The zero-order valence-corrected chi connectivity index (χ0v) is 20.0. The van der Waals surface area contributed by atoms with Gasteiger partial charge in [-0.15, -0.1) is 0 Å². The molecule has 0 aliphatic carbocycles. The molecule has 0 spiro atoms. The molecule has 1 aromatic carbocycles. The molecule has 1 aliphatic heterocycles. The van der Waals surface area contributed by atoms with Gasteiger partial charge in [-0.3, -0.25) is 9.59 Å². The minimum atomic E-state index is -0.994. The maximum atomic E-state index is 13.7. The molecule has 2 aromatic rings. The van der Waals surface area contributed by atoms with Crippen LogP contribution in [-0.4, -0.2) is 54.5 Å². The molecule has 3 rings (SSSR count). The lowest BCUT2D eigenvalue weighted by Gasteiger charge is -2.49. The normalized spacial score (nSPS) is 14.4. The van der Waals surface area contributed by atoms with Crippen molar-refractivity contribution in [3.8, 4) is 0 Å². The first-order valence-electron chi connectivity index (χ1n) is 10.9. The fraction of sp³-hybridized carbons (Fsp3) is 0.417. The van der Waals surface area contributed by atoms with E-state index in [-0.39, 0.29) is 41.3 Å². The number of nitrogens with zero attached hydrogens (tertiary/aromatic N) is 2. The van der Waals surface area contributed by atoms with Gasteiger partial charge in [0, 0.05) is 20.1 Å². The summed E-state index contributed by atoms with van der Waals surface area (Å²) in [6.45, 7) is 6.70. The number of amides is 3. The van der Waals surface area contributed by atoms with Crippen molar-refractivity contribution in [1.29, 1.82) is 0 Å². The fourth-order valence-electron chi connectivity index (χ4n) is 3.98. The molecule has 0 radical (unpaired) electrons. The predicted molar refractivity (Wildman–Crippen MR) is 127 cm³/mol. The molecule has 3 amide bonds. The second kappa shape index (κ2) is 10.2. The van der Waals surface area contributed by atoms with Gasteiger partial charge in [0.25, 0.3) is 5.91 Å². The number of ether oxygens (including phenoxy) is 1. The third-order valence-electron chi connectivity index (χ3n) is 5.73. The molecule has 1 saturated heterocycles. The molecular formula is C24H29ClN4O4. The van der Waals surface area contributed by atoms with Crippen LogP contribution in [0.2, 0.25) is 5.15 Å². The number of likely N-dealkylation sites (tertiary alicyclic amines) is 1. The highest BCUT2D eigenvalue weighted by atomic mass is 35.5.